The van der Waals surface area contributed by atoms with Gasteiger partial charge in [0.2, 0.25) is 0 Å². The second-order valence-electron chi connectivity index (χ2n) is 6.10. The standard InChI is InChI=1S/C17H18N2O3.C2HF3O2/c1-11-7-12(3-5-15(11)17(20)21-2)16-6-4-13(10-19-16)22-14-8-18-9-14;3-2(4,5)1(6)7/h3-7,10,14,18H,8-9H2,1-2H3;(H,6,7). The molecule has 2 heterocycles. The van der Waals surface area contributed by atoms with Crippen LogP contribution in [-0.2, 0) is 9.53 Å². The van der Waals surface area contributed by atoms with E-state index in [4.69, 9.17) is 19.4 Å². The molecule has 3 rings (SSSR count). The number of hydrogen-bond acceptors (Lipinski definition) is 6. The molecule has 1 aromatic carbocycles. The van der Waals surface area contributed by atoms with Crippen LogP contribution in [0.4, 0.5) is 13.2 Å². The fraction of sp³-hybridized carbons (Fsp3) is 0.316. The number of carboxylic acid groups (broad SMARTS) is 1. The van der Waals surface area contributed by atoms with Gasteiger partial charge in [-0.15, -0.1) is 0 Å². The fourth-order valence-corrected chi connectivity index (χ4v) is 2.32. The maximum absolute atomic E-state index is 11.6. The molecule has 2 aromatic rings. The summed E-state index contributed by atoms with van der Waals surface area (Å²) in [5.74, 6) is -2.31. The number of carbonyl (C=O) groups excluding carboxylic acids is 1. The summed E-state index contributed by atoms with van der Waals surface area (Å²) in [5, 5.41) is 10.3. The van der Waals surface area contributed by atoms with Crippen molar-refractivity contribution in [2.45, 2.75) is 19.2 Å². The van der Waals surface area contributed by atoms with Gasteiger partial charge in [0, 0.05) is 18.7 Å². The van der Waals surface area contributed by atoms with Crippen LogP contribution in [0.2, 0.25) is 0 Å². The summed E-state index contributed by atoms with van der Waals surface area (Å²) in [5.41, 5.74) is 3.25. The Balaban J connectivity index is 0.000000370. The number of nitrogens with zero attached hydrogens (tertiary/aromatic N) is 1. The average molecular weight is 412 g/mol. The van der Waals surface area contributed by atoms with E-state index < -0.39 is 12.1 Å². The van der Waals surface area contributed by atoms with Crippen molar-refractivity contribution in [3.8, 4) is 17.0 Å². The van der Waals surface area contributed by atoms with E-state index in [1.54, 1.807) is 12.3 Å². The van der Waals surface area contributed by atoms with Crippen molar-refractivity contribution in [1.29, 1.82) is 0 Å². The summed E-state index contributed by atoms with van der Waals surface area (Å²) < 4.78 is 42.2. The number of hydrogen-bond donors (Lipinski definition) is 2. The van der Waals surface area contributed by atoms with Crippen LogP contribution in [0, 0.1) is 6.92 Å². The zero-order valence-electron chi connectivity index (χ0n) is 15.6. The molecule has 0 amide bonds. The number of nitrogens with one attached hydrogen (secondary N) is 1. The Kier molecular flexibility index (Phi) is 7.16. The monoisotopic (exact) mass is 412 g/mol. The van der Waals surface area contributed by atoms with E-state index in [-0.39, 0.29) is 12.1 Å². The SMILES string of the molecule is COC(=O)c1ccc(-c2ccc(OC3CNC3)cn2)cc1C.O=C(O)C(F)(F)F. The Morgan fingerprint density at radius 2 is 1.86 bits per heavy atom. The molecule has 0 saturated carbocycles. The zero-order chi connectivity index (χ0) is 21.6. The number of ether oxygens (including phenoxy) is 2. The van der Waals surface area contributed by atoms with Crippen LogP contribution >= 0.6 is 0 Å². The van der Waals surface area contributed by atoms with Gasteiger partial charge >= 0.3 is 18.1 Å². The van der Waals surface area contributed by atoms with Crippen LogP contribution in [-0.4, -0.2) is 54.5 Å². The lowest BCUT2D eigenvalue weighted by Gasteiger charge is -2.27. The summed E-state index contributed by atoms with van der Waals surface area (Å²) in [6, 6.07) is 9.42. The molecule has 1 fully saturated rings. The zero-order valence-corrected chi connectivity index (χ0v) is 15.6. The number of halogens is 3. The Morgan fingerprint density at radius 3 is 2.28 bits per heavy atom. The van der Waals surface area contributed by atoms with Gasteiger partial charge in [-0.1, -0.05) is 6.07 Å². The van der Waals surface area contributed by atoms with E-state index in [9.17, 15) is 18.0 Å². The normalized spacial score (nSPS) is 13.6. The lowest BCUT2D eigenvalue weighted by Crippen LogP contribution is -2.50. The van der Waals surface area contributed by atoms with Gasteiger partial charge in [0.15, 0.2) is 0 Å². The fourth-order valence-electron chi connectivity index (χ4n) is 2.32. The van der Waals surface area contributed by atoms with E-state index in [0.29, 0.717) is 5.56 Å². The number of methoxy groups -OCH3 is 1. The molecule has 1 saturated heterocycles. The van der Waals surface area contributed by atoms with Crippen LogP contribution in [0.5, 0.6) is 5.75 Å². The van der Waals surface area contributed by atoms with Crippen LogP contribution in [0.25, 0.3) is 11.3 Å². The summed E-state index contributed by atoms with van der Waals surface area (Å²) in [6.07, 6.45) is -3.11. The highest BCUT2D eigenvalue weighted by molar-refractivity contribution is 5.91. The molecule has 29 heavy (non-hydrogen) atoms. The van der Waals surface area contributed by atoms with Crippen molar-refractivity contribution in [2.75, 3.05) is 20.2 Å². The Hall–Kier alpha value is -3.14. The number of aliphatic carboxylic acids is 1. The molecule has 1 aliphatic heterocycles. The van der Waals surface area contributed by atoms with Gasteiger partial charge in [-0.3, -0.25) is 4.98 Å². The number of carbonyl (C=O) groups is 2. The molecule has 156 valence electrons. The molecule has 1 aromatic heterocycles. The third kappa shape index (κ3) is 6.18. The molecular formula is C19H19F3N2O5. The first-order valence-corrected chi connectivity index (χ1v) is 8.44. The topological polar surface area (TPSA) is 97.8 Å². The summed E-state index contributed by atoms with van der Waals surface area (Å²) >= 11 is 0. The molecule has 0 spiro atoms. The average Bonchev–Trinajstić information content (AvgIpc) is 2.64. The molecule has 0 atom stereocenters. The van der Waals surface area contributed by atoms with Gasteiger partial charge in [-0.25, -0.2) is 9.59 Å². The Morgan fingerprint density at radius 1 is 1.21 bits per heavy atom. The van der Waals surface area contributed by atoms with Gasteiger partial charge in [0.1, 0.15) is 11.9 Å². The third-order valence-corrected chi connectivity index (χ3v) is 3.95. The van der Waals surface area contributed by atoms with E-state index in [2.05, 4.69) is 10.3 Å². The van der Waals surface area contributed by atoms with Crippen molar-refractivity contribution in [1.82, 2.24) is 10.3 Å². The largest absolute Gasteiger partial charge is 0.490 e. The molecule has 0 radical (unpaired) electrons. The van der Waals surface area contributed by atoms with Crippen LogP contribution in [0.3, 0.4) is 0 Å². The highest BCUT2D eigenvalue weighted by Crippen LogP contribution is 2.23. The molecule has 2 N–H and O–H groups in total. The molecular weight excluding hydrogens is 393 g/mol. The number of alkyl halides is 3. The van der Waals surface area contributed by atoms with Gasteiger partial charge in [-0.05, 0) is 36.8 Å². The van der Waals surface area contributed by atoms with Crippen molar-refractivity contribution >= 4 is 11.9 Å². The quantitative estimate of drug-likeness (QED) is 0.746. The van der Waals surface area contributed by atoms with Gasteiger partial charge in [0.25, 0.3) is 0 Å². The molecule has 0 aliphatic carbocycles. The number of aromatic nitrogens is 1. The number of carboxylic acids is 1. The lowest BCUT2D eigenvalue weighted by atomic mass is 10.0. The van der Waals surface area contributed by atoms with E-state index >= 15 is 0 Å². The smallest absolute Gasteiger partial charge is 0.486 e. The molecule has 0 bridgehead atoms. The van der Waals surface area contributed by atoms with Crippen molar-refractivity contribution in [3.63, 3.8) is 0 Å². The summed E-state index contributed by atoms with van der Waals surface area (Å²) in [4.78, 5) is 24.9. The van der Waals surface area contributed by atoms with E-state index in [0.717, 1.165) is 35.7 Å². The van der Waals surface area contributed by atoms with Crippen molar-refractivity contribution < 1.29 is 37.3 Å². The third-order valence-electron chi connectivity index (χ3n) is 3.95. The minimum absolute atomic E-state index is 0.245. The number of benzene rings is 1. The van der Waals surface area contributed by atoms with Gasteiger partial charge in [0.05, 0.1) is 24.6 Å². The number of aryl methyl sites for hydroxylation is 1. The van der Waals surface area contributed by atoms with Crippen molar-refractivity contribution in [2.24, 2.45) is 0 Å². The maximum atomic E-state index is 11.6. The lowest BCUT2D eigenvalue weighted by molar-refractivity contribution is -0.192. The second kappa shape index (κ2) is 9.37. The van der Waals surface area contributed by atoms with Gasteiger partial charge < -0.3 is 19.9 Å². The first-order valence-electron chi connectivity index (χ1n) is 8.44. The first-order chi connectivity index (χ1) is 13.6. The minimum atomic E-state index is -5.08. The minimum Gasteiger partial charge on any atom is -0.486 e. The van der Waals surface area contributed by atoms with Crippen molar-refractivity contribution in [3.05, 3.63) is 47.7 Å². The maximum Gasteiger partial charge on any atom is 0.490 e. The molecule has 0 unspecified atom stereocenters. The predicted molar refractivity (Wildman–Crippen MR) is 96.7 cm³/mol. The number of pyridine rings is 1. The highest BCUT2D eigenvalue weighted by atomic mass is 19.4. The Labute approximate surface area is 164 Å². The van der Waals surface area contributed by atoms with Crippen LogP contribution in [0.15, 0.2) is 36.5 Å². The predicted octanol–water partition coefficient (Wildman–Crippen LogP) is 2.83. The summed E-state index contributed by atoms with van der Waals surface area (Å²) in [6.45, 7) is 3.66. The van der Waals surface area contributed by atoms with E-state index in [1.165, 1.54) is 7.11 Å². The van der Waals surface area contributed by atoms with Gasteiger partial charge in [-0.2, -0.15) is 13.2 Å². The number of rotatable bonds is 4. The summed E-state index contributed by atoms with van der Waals surface area (Å²) in [7, 11) is 1.38. The molecule has 7 nitrogen and oxygen atoms in total. The van der Waals surface area contributed by atoms with Crippen LogP contribution in [0.1, 0.15) is 15.9 Å². The molecule has 1 aliphatic rings. The van der Waals surface area contributed by atoms with E-state index in [1.807, 2.05) is 31.2 Å². The Bertz CT molecular complexity index is 865. The first kappa shape index (κ1) is 22.2. The number of esters is 1. The highest BCUT2D eigenvalue weighted by Gasteiger charge is 2.38. The van der Waals surface area contributed by atoms with Crippen LogP contribution < -0.4 is 10.1 Å². The second-order valence-corrected chi connectivity index (χ2v) is 6.10. The molecule has 10 heteroatoms.